The highest BCUT2D eigenvalue weighted by molar-refractivity contribution is 5.98. The lowest BCUT2D eigenvalue weighted by molar-refractivity contribution is -0.123. The Hall–Kier alpha value is -3.35. The quantitative estimate of drug-likeness (QED) is 0.598. The molecule has 0 saturated heterocycles. The maximum atomic E-state index is 11.7. The molecule has 0 aromatic heterocycles. The number of aromatic carboxylic acids is 1. The minimum absolute atomic E-state index is 0.100. The second-order valence-corrected chi connectivity index (χ2v) is 4.65. The number of carbonyl (C=O) groups excluding carboxylic acids is 1. The molecule has 0 atom stereocenters. The Balaban J connectivity index is 1.88. The molecule has 124 valence electrons. The molecule has 0 radical (unpaired) electrons. The van der Waals surface area contributed by atoms with E-state index in [1.807, 2.05) is 0 Å². The molecular formula is C17H16N2O5. The van der Waals surface area contributed by atoms with Gasteiger partial charge in [0.15, 0.2) is 6.61 Å². The first-order valence-corrected chi connectivity index (χ1v) is 7.01. The van der Waals surface area contributed by atoms with Crippen molar-refractivity contribution in [3.63, 3.8) is 0 Å². The summed E-state index contributed by atoms with van der Waals surface area (Å²) in [5.41, 5.74) is 2.77. The molecule has 1 amide bonds. The summed E-state index contributed by atoms with van der Waals surface area (Å²) >= 11 is 0. The lowest BCUT2D eigenvalue weighted by Crippen LogP contribution is -2.24. The van der Waals surface area contributed by atoms with Crippen LogP contribution in [0.25, 0.3) is 0 Å². The Morgan fingerprint density at radius 3 is 2.67 bits per heavy atom. The number of nitrogens with zero attached hydrogens (tertiary/aromatic N) is 1. The third-order valence-corrected chi connectivity index (χ3v) is 3.00. The Morgan fingerprint density at radius 1 is 1.17 bits per heavy atom. The van der Waals surface area contributed by atoms with Gasteiger partial charge in [-0.05, 0) is 18.2 Å². The first kappa shape index (κ1) is 17.0. The molecule has 24 heavy (non-hydrogen) atoms. The molecule has 0 aliphatic carbocycles. The van der Waals surface area contributed by atoms with Crippen molar-refractivity contribution < 1.29 is 24.2 Å². The van der Waals surface area contributed by atoms with Gasteiger partial charge < -0.3 is 14.6 Å². The van der Waals surface area contributed by atoms with Crippen molar-refractivity contribution in [2.45, 2.75) is 0 Å². The van der Waals surface area contributed by atoms with Gasteiger partial charge >= 0.3 is 5.97 Å². The summed E-state index contributed by atoms with van der Waals surface area (Å²) in [4.78, 5) is 22.7. The van der Waals surface area contributed by atoms with E-state index in [2.05, 4.69) is 10.5 Å². The molecule has 0 aliphatic heterocycles. The number of hydrogen-bond donors (Lipinski definition) is 2. The van der Waals surface area contributed by atoms with Crippen LogP contribution in [0.2, 0.25) is 0 Å². The second kappa shape index (κ2) is 8.33. The zero-order chi connectivity index (χ0) is 17.4. The zero-order valence-corrected chi connectivity index (χ0v) is 12.9. The molecule has 2 rings (SSSR count). The van der Waals surface area contributed by atoms with Crippen LogP contribution in [0.5, 0.6) is 11.5 Å². The van der Waals surface area contributed by atoms with Gasteiger partial charge in [0.1, 0.15) is 11.5 Å². The van der Waals surface area contributed by atoms with Gasteiger partial charge in [-0.1, -0.05) is 24.3 Å². The van der Waals surface area contributed by atoms with E-state index in [0.717, 1.165) is 0 Å². The molecule has 2 aromatic carbocycles. The van der Waals surface area contributed by atoms with Gasteiger partial charge in [-0.2, -0.15) is 5.10 Å². The summed E-state index contributed by atoms with van der Waals surface area (Å²) in [6.45, 7) is -0.231. The molecule has 0 heterocycles. The van der Waals surface area contributed by atoms with E-state index in [9.17, 15) is 9.59 Å². The van der Waals surface area contributed by atoms with Crippen molar-refractivity contribution in [1.29, 1.82) is 0 Å². The molecular weight excluding hydrogens is 312 g/mol. The van der Waals surface area contributed by atoms with Crippen molar-refractivity contribution in [1.82, 2.24) is 5.43 Å². The molecule has 7 heteroatoms. The third-order valence-electron chi connectivity index (χ3n) is 3.00. The number of hydrogen-bond acceptors (Lipinski definition) is 5. The van der Waals surface area contributed by atoms with Crippen LogP contribution in [0.15, 0.2) is 53.6 Å². The number of carbonyl (C=O) groups is 2. The van der Waals surface area contributed by atoms with Crippen LogP contribution in [0.1, 0.15) is 15.9 Å². The normalized spacial score (nSPS) is 10.4. The van der Waals surface area contributed by atoms with E-state index >= 15 is 0 Å². The number of nitrogens with one attached hydrogen (secondary N) is 1. The number of carboxylic acids is 1. The predicted molar refractivity (Wildman–Crippen MR) is 87.6 cm³/mol. The highest BCUT2D eigenvalue weighted by Crippen LogP contribution is 2.18. The summed E-state index contributed by atoms with van der Waals surface area (Å²) < 4.78 is 10.4. The van der Waals surface area contributed by atoms with Gasteiger partial charge in [-0.25, -0.2) is 10.2 Å². The number of hydrazone groups is 1. The van der Waals surface area contributed by atoms with E-state index < -0.39 is 11.9 Å². The molecule has 0 unspecified atom stereocenters. The minimum Gasteiger partial charge on any atom is -0.497 e. The van der Waals surface area contributed by atoms with Crippen LogP contribution in [0, 0.1) is 0 Å². The largest absolute Gasteiger partial charge is 0.497 e. The maximum absolute atomic E-state index is 11.7. The number of methoxy groups -OCH3 is 1. The van der Waals surface area contributed by atoms with Crippen LogP contribution < -0.4 is 14.9 Å². The highest BCUT2D eigenvalue weighted by Gasteiger charge is 2.07. The predicted octanol–water partition coefficient (Wildman–Crippen LogP) is 1.92. The van der Waals surface area contributed by atoms with E-state index in [1.165, 1.54) is 19.4 Å². The van der Waals surface area contributed by atoms with Crippen molar-refractivity contribution in [2.75, 3.05) is 13.7 Å². The van der Waals surface area contributed by atoms with Gasteiger partial charge in [-0.3, -0.25) is 4.79 Å². The summed E-state index contributed by atoms with van der Waals surface area (Å²) in [5, 5.41) is 12.8. The first-order valence-electron chi connectivity index (χ1n) is 7.01. The van der Waals surface area contributed by atoms with Crippen LogP contribution in [-0.2, 0) is 4.79 Å². The van der Waals surface area contributed by atoms with Crippen LogP contribution in [-0.4, -0.2) is 36.9 Å². The molecule has 0 bridgehead atoms. The van der Waals surface area contributed by atoms with Crippen molar-refractivity contribution >= 4 is 18.1 Å². The molecule has 0 fully saturated rings. The van der Waals surface area contributed by atoms with Crippen molar-refractivity contribution in [2.24, 2.45) is 5.10 Å². The van der Waals surface area contributed by atoms with E-state index in [0.29, 0.717) is 17.1 Å². The molecule has 0 aliphatic rings. The standard InChI is InChI=1S/C17H16N2O5/c1-23-13-6-4-7-14(9-13)24-11-16(20)19-18-10-12-5-2-3-8-15(12)17(21)22/h2-10H,11H2,1H3,(H,19,20)(H,21,22)/b18-10+. The van der Waals surface area contributed by atoms with E-state index in [4.69, 9.17) is 14.6 Å². The number of amides is 1. The highest BCUT2D eigenvalue weighted by atomic mass is 16.5. The summed E-state index contributed by atoms with van der Waals surface area (Å²) in [5.74, 6) is -0.424. The number of benzene rings is 2. The minimum atomic E-state index is -1.07. The Kier molecular flexibility index (Phi) is 5.90. The van der Waals surface area contributed by atoms with Gasteiger partial charge in [0, 0.05) is 11.6 Å². The lowest BCUT2D eigenvalue weighted by atomic mass is 10.1. The fraction of sp³-hybridized carbons (Fsp3) is 0.118. The van der Waals surface area contributed by atoms with E-state index in [1.54, 1.807) is 42.5 Å². The summed E-state index contributed by atoms with van der Waals surface area (Å²) in [7, 11) is 1.54. The lowest BCUT2D eigenvalue weighted by Gasteiger charge is -2.06. The van der Waals surface area contributed by atoms with Crippen molar-refractivity contribution in [3.05, 3.63) is 59.7 Å². The summed E-state index contributed by atoms with van der Waals surface area (Å²) in [6, 6.07) is 13.2. The van der Waals surface area contributed by atoms with Gasteiger partial charge in [0.05, 0.1) is 18.9 Å². The van der Waals surface area contributed by atoms with Crippen LogP contribution >= 0.6 is 0 Å². The molecule has 7 nitrogen and oxygen atoms in total. The fourth-order valence-electron chi connectivity index (χ4n) is 1.85. The number of carboxylic acid groups (broad SMARTS) is 1. The molecule has 2 N–H and O–H groups in total. The topological polar surface area (TPSA) is 97.2 Å². The first-order chi connectivity index (χ1) is 11.6. The van der Waals surface area contributed by atoms with Gasteiger partial charge in [-0.15, -0.1) is 0 Å². The molecule has 0 spiro atoms. The number of ether oxygens (including phenoxy) is 2. The fourth-order valence-corrected chi connectivity index (χ4v) is 1.85. The zero-order valence-electron chi connectivity index (χ0n) is 12.9. The second-order valence-electron chi connectivity index (χ2n) is 4.65. The van der Waals surface area contributed by atoms with Crippen molar-refractivity contribution in [3.8, 4) is 11.5 Å². The molecule has 0 saturated carbocycles. The van der Waals surface area contributed by atoms with Crippen LogP contribution in [0.4, 0.5) is 0 Å². The average Bonchev–Trinajstić information content (AvgIpc) is 2.60. The number of rotatable bonds is 7. The maximum Gasteiger partial charge on any atom is 0.336 e. The summed E-state index contributed by atoms with van der Waals surface area (Å²) in [6.07, 6.45) is 1.27. The van der Waals surface area contributed by atoms with Gasteiger partial charge in [0.2, 0.25) is 0 Å². The monoisotopic (exact) mass is 328 g/mol. The van der Waals surface area contributed by atoms with Gasteiger partial charge in [0.25, 0.3) is 5.91 Å². The Labute approximate surface area is 138 Å². The smallest absolute Gasteiger partial charge is 0.336 e. The Morgan fingerprint density at radius 2 is 1.92 bits per heavy atom. The van der Waals surface area contributed by atoms with Crippen LogP contribution in [0.3, 0.4) is 0 Å². The molecule has 2 aromatic rings. The third kappa shape index (κ3) is 4.84. The SMILES string of the molecule is COc1cccc(OCC(=O)N/N=C/c2ccccc2C(=O)O)c1. The average molecular weight is 328 g/mol. The Bertz CT molecular complexity index is 758. The van der Waals surface area contributed by atoms with E-state index in [-0.39, 0.29) is 12.2 Å².